The Bertz CT molecular complexity index is 868. The average molecular weight is 347 g/mol. The van der Waals surface area contributed by atoms with Gasteiger partial charge in [0.25, 0.3) is 0 Å². The molecule has 2 aromatic carbocycles. The number of nitrogens with zero attached hydrogens (tertiary/aromatic N) is 2. The molecule has 0 atom stereocenters. The fraction of sp³-hybridized carbons (Fsp3) is 0.143. The third kappa shape index (κ3) is 5.08. The Labute approximate surface area is 152 Å². The van der Waals surface area contributed by atoms with Gasteiger partial charge in [0.05, 0.1) is 19.3 Å². The number of carbonyl (C=O) groups excluding carboxylic acids is 1. The molecular formula is C21H21N3O2. The minimum absolute atomic E-state index is 0.190. The SMILES string of the molecule is CCOc1ccc(NC(=O)/C=C/c2cnn(Cc3ccccc3)c2)cc1. The van der Waals surface area contributed by atoms with Crippen LogP contribution in [0.15, 0.2) is 73.1 Å². The molecule has 0 radical (unpaired) electrons. The van der Waals surface area contributed by atoms with Crippen molar-refractivity contribution < 1.29 is 9.53 Å². The molecule has 0 unspecified atom stereocenters. The van der Waals surface area contributed by atoms with Crippen LogP contribution in [0, 0.1) is 0 Å². The molecule has 0 aliphatic heterocycles. The highest BCUT2D eigenvalue weighted by Crippen LogP contribution is 2.15. The molecule has 0 aliphatic rings. The molecule has 0 saturated carbocycles. The van der Waals surface area contributed by atoms with E-state index in [2.05, 4.69) is 22.5 Å². The molecule has 3 aromatic rings. The van der Waals surface area contributed by atoms with Crippen LogP contribution in [0.2, 0.25) is 0 Å². The van der Waals surface area contributed by atoms with Gasteiger partial charge in [-0.25, -0.2) is 0 Å². The minimum atomic E-state index is -0.190. The second kappa shape index (κ2) is 8.67. The molecule has 1 heterocycles. The van der Waals surface area contributed by atoms with E-state index in [1.165, 1.54) is 11.6 Å². The Morgan fingerprint density at radius 3 is 2.65 bits per heavy atom. The zero-order valence-corrected chi connectivity index (χ0v) is 14.6. The topological polar surface area (TPSA) is 56.1 Å². The highest BCUT2D eigenvalue weighted by atomic mass is 16.5. The second-order valence-corrected chi connectivity index (χ2v) is 5.74. The van der Waals surface area contributed by atoms with Gasteiger partial charge in [0.15, 0.2) is 0 Å². The van der Waals surface area contributed by atoms with E-state index in [-0.39, 0.29) is 5.91 Å². The number of hydrogen-bond acceptors (Lipinski definition) is 3. The van der Waals surface area contributed by atoms with E-state index in [9.17, 15) is 4.79 Å². The Morgan fingerprint density at radius 2 is 1.92 bits per heavy atom. The molecule has 0 aliphatic carbocycles. The summed E-state index contributed by atoms with van der Waals surface area (Å²) in [6, 6.07) is 17.4. The first-order chi connectivity index (χ1) is 12.7. The van der Waals surface area contributed by atoms with Crippen LogP contribution in [0.25, 0.3) is 6.08 Å². The number of amides is 1. The Balaban J connectivity index is 1.55. The van der Waals surface area contributed by atoms with Gasteiger partial charge in [-0.3, -0.25) is 9.48 Å². The highest BCUT2D eigenvalue weighted by Gasteiger charge is 2.01. The van der Waals surface area contributed by atoms with Gasteiger partial charge in [-0.2, -0.15) is 5.10 Å². The van der Waals surface area contributed by atoms with Crippen molar-refractivity contribution in [2.75, 3.05) is 11.9 Å². The normalized spacial score (nSPS) is 10.8. The first-order valence-electron chi connectivity index (χ1n) is 8.51. The summed E-state index contributed by atoms with van der Waals surface area (Å²) >= 11 is 0. The first-order valence-corrected chi connectivity index (χ1v) is 8.51. The number of hydrogen-bond donors (Lipinski definition) is 1. The largest absolute Gasteiger partial charge is 0.494 e. The van der Waals surface area contributed by atoms with Crippen LogP contribution in [0.5, 0.6) is 5.75 Å². The van der Waals surface area contributed by atoms with E-state index < -0.39 is 0 Å². The fourth-order valence-electron chi connectivity index (χ4n) is 2.48. The number of anilines is 1. The summed E-state index contributed by atoms with van der Waals surface area (Å²) in [5.74, 6) is 0.594. The second-order valence-electron chi connectivity index (χ2n) is 5.74. The lowest BCUT2D eigenvalue weighted by atomic mass is 10.2. The fourth-order valence-corrected chi connectivity index (χ4v) is 2.48. The monoisotopic (exact) mass is 347 g/mol. The van der Waals surface area contributed by atoms with Crippen LogP contribution >= 0.6 is 0 Å². The zero-order valence-electron chi connectivity index (χ0n) is 14.6. The summed E-state index contributed by atoms with van der Waals surface area (Å²) in [6.07, 6.45) is 6.90. The van der Waals surface area contributed by atoms with E-state index in [0.717, 1.165) is 17.0 Å². The van der Waals surface area contributed by atoms with Gasteiger partial charge >= 0.3 is 0 Å². The predicted octanol–water partition coefficient (Wildman–Crippen LogP) is 3.98. The van der Waals surface area contributed by atoms with Gasteiger partial charge in [-0.1, -0.05) is 30.3 Å². The molecule has 3 rings (SSSR count). The maximum absolute atomic E-state index is 12.0. The van der Waals surface area contributed by atoms with Crippen molar-refractivity contribution >= 4 is 17.7 Å². The zero-order chi connectivity index (χ0) is 18.2. The van der Waals surface area contributed by atoms with Crippen molar-refractivity contribution in [3.05, 3.63) is 84.2 Å². The van der Waals surface area contributed by atoms with Crippen LogP contribution in [0.3, 0.4) is 0 Å². The van der Waals surface area contributed by atoms with E-state index in [0.29, 0.717) is 13.2 Å². The number of aromatic nitrogens is 2. The van der Waals surface area contributed by atoms with Gasteiger partial charge in [-0.15, -0.1) is 0 Å². The first kappa shape index (κ1) is 17.5. The number of ether oxygens (including phenoxy) is 1. The highest BCUT2D eigenvalue weighted by molar-refractivity contribution is 6.01. The summed E-state index contributed by atoms with van der Waals surface area (Å²) in [5, 5.41) is 7.14. The van der Waals surface area contributed by atoms with E-state index in [1.807, 2.05) is 60.3 Å². The summed E-state index contributed by atoms with van der Waals surface area (Å²) < 4.78 is 7.23. The minimum Gasteiger partial charge on any atom is -0.494 e. The van der Waals surface area contributed by atoms with Gasteiger partial charge < -0.3 is 10.1 Å². The van der Waals surface area contributed by atoms with Crippen molar-refractivity contribution in [2.24, 2.45) is 0 Å². The molecule has 0 bridgehead atoms. The van der Waals surface area contributed by atoms with Crippen molar-refractivity contribution in [1.82, 2.24) is 9.78 Å². The molecular weight excluding hydrogens is 326 g/mol. The average Bonchev–Trinajstić information content (AvgIpc) is 3.10. The van der Waals surface area contributed by atoms with E-state index in [1.54, 1.807) is 12.3 Å². The number of benzene rings is 2. The van der Waals surface area contributed by atoms with Crippen molar-refractivity contribution in [2.45, 2.75) is 13.5 Å². The van der Waals surface area contributed by atoms with Crippen molar-refractivity contribution in [3.8, 4) is 5.75 Å². The number of rotatable bonds is 7. The molecule has 132 valence electrons. The molecule has 5 nitrogen and oxygen atoms in total. The third-order valence-corrected chi connectivity index (χ3v) is 3.70. The maximum atomic E-state index is 12.0. The van der Waals surface area contributed by atoms with E-state index in [4.69, 9.17) is 4.74 Å². The van der Waals surface area contributed by atoms with Gasteiger partial charge in [0.1, 0.15) is 5.75 Å². The van der Waals surface area contributed by atoms with Gasteiger partial charge in [-0.05, 0) is 42.8 Å². The molecule has 0 saturated heterocycles. The summed E-state index contributed by atoms with van der Waals surface area (Å²) in [5.41, 5.74) is 2.78. The quantitative estimate of drug-likeness (QED) is 0.658. The van der Waals surface area contributed by atoms with Gasteiger partial charge in [0, 0.05) is 23.5 Å². The molecule has 0 fully saturated rings. The Kier molecular flexibility index (Phi) is 5.83. The van der Waals surface area contributed by atoms with Crippen LogP contribution in [-0.4, -0.2) is 22.3 Å². The molecule has 5 heteroatoms. The lowest BCUT2D eigenvalue weighted by molar-refractivity contribution is -0.111. The third-order valence-electron chi connectivity index (χ3n) is 3.70. The molecule has 26 heavy (non-hydrogen) atoms. The summed E-state index contributed by atoms with van der Waals surface area (Å²) in [4.78, 5) is 12.0. The summed E-state index contributed by atoms with van der Waals surface area (Å²) in [7, 11) is 0. The molecule has 1 aromatic heterocycles. The lowest BCUT2D eigenvalue weighted by Gasteiger charge is -2.05. The van der Waals surface area contributed by atoms with E-state index >= 15 is 0 Å². The van der Waals surface area contributed by atoms with Crippen molar-refractivity contribution in [3.63, 3.8) is 0 Å². The summed E-state index contributed by atoms with van der Waals surface area (Å²) in [6.45, 7) is 3.25. The van der Waals surface area contributed by atoms with Crippen molar-refractivity contribution in [1.29, 1.82) is 0 Å². The van der Waals surface area contributed by atoms with Crippen LogP contribution in [0.4, 0.5) is 5.69 Å². The molecule has 1 amide bonds. The Morgan fingerprint density at radius 1 is 1.15 bits per heavy atom. The predicted molar refractivity (Wildman–Crippen MR) is 103 cm³/mol. The van der Waals surface area contributed by atoms with Crippen LogP contribution in [-0.2, 0) is 11.3 Å². The van der Waals surface area contributed by atoms with Crippen LogP contribution in [0.1, 0.15) is 18.1 Å². The number of carbonyl (C=O) groups is 1. The van der Waals surface area contributed by atoms with Gasteiger partial charge in [0.2, 0.25) is 5.91 Å². The van der Waals surface area contributed by atoms with Crippen LogP contribution < -0.4 is 10.1 Å². The number of nitrogens with one attached hydrogen (secondary N) is 1. The smallest absolute Gasteiger partial charge is 0.248 e. The lowest BCUT2D eigenvalue weighted by Crippen LogP contribution is -2.07. The molecule has 1 N–H and O–H groups in total. The standard InChI is InChI=1S/C21H21N3O2/c1-2-26-20-11-9-19(10-12-20)23-21(25)13-8-18-14-22-24(16-18)15-17-6-4-3-5-7-17/h3-14,16H,2,15H2,1H3,(H,23,25)/b13-8+. The maximum Gasteiger partial charge on any atom is 0.248 e. The molecule has 0 spiro atoms. The Hall–Kier alpha value is -3.34.